The van der Waals surface area contributed by atoms with Crippen LogP contribution in [0.2, 0.25) is 0 Å². The van der Waals surface area contributed by atoms with E-state index in [9.17, 15) is 19.5 Å². The van der Waals surface area contributed by atoms with Crippen LogP contribution in [-0.2, 0) is 20.8 Å². The van der Waals surface area contributed by atoms with Gasteiger partial charge in [0, 0.05) is 6.54 Å². The standard InChI is InChI=1S/C14H16N2O4/c15-12(17)8-16-7-11(14(19)20)10(13(16)18)6-9-4-2-1-3-5-9/h1-5,10-11H,6-8H2,(H2,15,17)(H,19,20). The highest BCUT2D eigenvalue weighted by atomic mass is 16.4. The number of carbonyl (C=O) groups is 3. The zero-order valence-electron chi connectivity index (χ0n) is 10.9. The van der Waals surface area contributed by atoms with Crippen molar-refractivity contribution in [2.24, 2.45) is 17.6 Å². The molecule has 2 unspecified atom stereocenters. The van der Waals surface area contributed by atoms with Gasteiger partial charge >= 0.3 is 5.97 Å². The highest BCUT2D eigenvalue weighted by Crippen LogP contribution is 2.28. The molecule has 0 radical (unpaired) electrons. The summed E-state index contributed by atoms with van der Waals surface area (Å²) in [5, 5.41) is 9.24. The molecular formula is C14H16N2O4. The third-order valence-electron chi connectivity index (χ3n) is 3.49. The molecule has 3 N–H and O–H groups in total. The van der Waals surface area contributed by atoms with Crippen molar-refractivity contribution < 1.29 is 19.5 Å². The largest absolute Gasteiger partial charge is 0.481 e. The number of carboxylic acid groups (broad SMARTS) is 1. The number of nitrogens with two attached hydrogens (primary N) is 1. The SMILES string of the molecule is NC(=O)CN1CC(C(=O)O)C(Cc2ccccc2)C1=O. The molecule has 106 valence electrons. The third-order valence-corrected chi connectivity index (χ3v) is 3.49. The van der Waals surface area contributed by atoms with Crippen LogP contribution in [0.3, 0.4) is 0 Å². The maximum atomic E-state index is 12.2. The third kappa shape index (κ3) is 2.96. The van der Waals surface area contributed by atoms with Crippen molar-refractivity contribution in [3.63, 3.8) is 0 Å². The molecule has 20 heavy (non-hydrogen) atoms. The second-order valence-electron chi connectivity index (χ2n) is 4.93. The van der Waals surface area contributed by atoms with Gasteiger partial charge in [-0.2, -0.15) is 0 Å². The number of carboxylic acids is 1. The Morgan fingerprint density at radius 2 is 1.95 bits per heavy atom. The van der Waals surface area contributed by atoms with Crippen molar-refractivity contribution in [1.29, 1.82) is 0 Å². The highest BCUT2D eigenvalue weighted by Gasteiger charge is 2.44. The van der Waals surface area contributed by atoms with E-state index in [2.05, 4.69) is 0 Å². The van der Waals surface area contributed by atoms with E-state index in [-0.39, 0.29) is 19.0 Å². The zero-order chi connectivity index (χ0) is 14.7. The van der Waals surface area contributed by atoms with Crippen LogP contribution in [0.1, 0.15) is 5.56 Å². The van der Waals surface area contributed by atoms with Gasteiger partial charge in [-0.3, -0.25) is 14.4 Å². The van der Waals surface area contributed by atoms with E-state index in [0.717, 1.165) is 5.56 Å². The van der Waals surface area contributed by atoms with E-state index in [1.165, 1.54) is 4.90 Å². The first-order valence-corrected chi connectivity index (χ1v) is 6.33. The van der Waals surface area contributed by atoms with Gasteiger partial charge in [0.25, 0.3) is 0 Å². The molecule has 1 heterocycles. The number of primary amides is 1. The van der Waals surface area contributed by atoms with Gasteiger partial charge in [-0.25, -0.2) is 0 Å². The van der Waals surface area contributed by atoms with Crippen LogP contribution in [0.5, 0.6) is 0 Å². The second kappa shape index (κ2) is 5.73. The van der Waals surface area contributed by atoms with Crippen LogP contribution in [0, 0.1) is 11.8 Å². The van der Waals surface area contributed by atoms with Gasteiger partial charge in [0.1, 0.15) is 0 Å². The van der Waals surface area contributed by atoms with Crippen LogP contribution in [0.25, 0.3) is 0 Å². The van der Waals surface area contributed by atoms with E-state index in [4.69, 9.17) is 5.73 Å². The Morgan fingerprint density at radius 3 is 2.50 bits per heavy atom. The molecule has 1 aromatic carbocycles. The summed E-state index contributed by atoms with van der Waals surface area (Å²) in [4.78, 5) is 35.7. The molecule has 1 fully saturated rings. The monoisotopic (exact) mass is 276 g/mol. The minimum atomic E-state index is -1.02. The molecule has 6 heteroatoms. The Bertz CT molecular complexity index is 529. The first kappa shape index (κ1) is 14.0. The Morgan fingerprint density at radius 1 is 1.30 bits per heavy atom. The van der Waals surface area contributed by atoms with Gasteiger partial charge < -0.3 is 15.7 Å². The molecule has 6 nitrogen and oxygen atoms in total. The van der Waals surface area contributed by atoms with Crippen LogP contribution in [-0.4, -0.2) is 40.9 Å². The summed E-state index contributed by atoms with van der Waals surface area (Å²) in [6.07, 6.45) is 0.353. The molecule has 1 aliphatic rings. The van der Waals surface area contributed by atoms with Crippen molar-refractivity contribution in [3.8, 4) is 0 Å². The Labute approximate surface area is 116 Å². The lowest BCUT2D eigenvalue weighted by Crippen LogP contribution is -2.36. The average Bonchev–Trinajstić information content (AvgIpc) is 2.69. The van der Waals surface area contributed by atoms with Crippen molar-refractivity contribution in [1.82, 2.24) is 4.90 Å². The van der Waals surface area contributed by atoms with Gasteiger partial charge in [0.05, 0.1) is 18.4 Å². The van der Waals surface area contributed by atoms with Crippen molar-refractivity contribution in [3.05, 3.63) is 35.9 Å². The quantitative estimate of drug-likeness (QED) is 0.782. The number of hydrogen-bond donors (Lipinski definition) is 2. The van der Waals surface area contributed by atoms with Gasteiger partial charge in [-0.05, 0) is 12.0 Å². The topological polar surface area (TPSA) is 101 Å². The minimum Gasteiger partial charge on any atom is -0.481 e. The van der Waals surface area contributed by atoms with Crippen LogP contribution in [0.4, 0.5) is 0 Å². The lowest BCUT2D eigenvalue weighted by molar-refractivity contribution is -0.144. The summed E-state index contributed by atoms with van der Waals surface area (Å²) in [6, 6.07) is 9.23. The zero-order valence-corrected chi connectivity index (χ0v) is 10.9. The number of hydrogen-bond acceptors (Lipinski definition) is 3. The molecule has 2 amide bonds. The molecule has 1 saturated heterocycles. The molecule has 2 rings (SSSR count). The molecule has 2 atom stereocenters. The van der Waals surface area contributed by atoms with E-state index in [0.29, 0.717) is 6.42 Å². The molecule has 1 aliphatic heterocycles. The number of amides is 2. The Balaban J connectivity index is 2.17. The molecular weight excluding hydrogens is 260 g/mol. The number of rotatable bonds is 5. The van der Waals surface area contributed by atoms with Crippen molar-refractivity contribution >= 4 is 17.8 Å². The molecule has 0 aromatic heterocycles. The molecule has 0 saturated carbocycles. The first-order chi connectivity index (χ1) is 9.49. The first-order valence-electron chi connectivity index (χ1n) is 6.33. The van der Waals surface area contributed by atoms with Gasteiger partial charge in [0.15, 0.2) is 0 Å². The van der Waals surface area contributed by atoms with Gasteiger partial charge in [-0.15, -0.1) is 0 Å². The van der Waals surface area contributed by atoms with E-state index < -0.39 is 23.7 Å². The van der Waals surface area contributed by atoms with Crippen LogP contribution < -0.4 is 5.73 Å². The molecule has 0 spiro atoms. The average molecular weight is 276 g/mol. The lowest BCUT2D eigenvalue weighted by Gasteiger charge is -2.14. The fourth-order valence-electron chi connectivity index (χ4n) is 2.54. The summed E-state index contributed by atoms with van der Waals surface area (Å²) in [5.41, 5.74) is 5.97. The Kier molecular flexibility index (Phi) is 4.02. The van der Waals surface area contributed by atoms with E-state index in [1.54, 1.807) is 0 Å². The second-order valence-corrected chi connectivity index (χ2v) is 4.93. The minimum absolute atomic E-state index is 0.0363. The summed E-state index contributed by atoms with van der Waals surface area (Å²) in [5.74, 6) is -3.43. The normalized spacial score (nSPS) is 22.0. The van der Waals surface area contributed by atoms with Crippen molar-refractivity contribution in [2.45, 2.75) is 6.42 Å². The Hall–Kier alpha value is -2.37. The maximum Gasteiger partial charge on any atom is 0.309 e. The fourth-order valence-corrected chi connectivity index (χ4v) is 2.54. The summed E-state index contributed by atoms with van der Waals surface area (Å²) in [6.45, 7) is -0.192. The fraction of sp³-hybridized carbons (Fsp3) is 0.357. The van der Waals surface area contributed by atoms with Crippen molar-refractivity contribution in [2.75, 3.05) is 13.1 Å². The van der Waals surface area contributed by atoms with Crippen LogP contribution >= 0.6 is 0 Å². The van der Waals surface area contributed by atoms with E-state index >= 15 is 0 Å². The highest BCUT2D eigenvalue weighted by molar-refractivity contribution is 5.91. The number of benzene rings is 1. The van der Waals surface area contributed by atoms with Gasteiger partial charge in [-0.1, -0.05) is 30.3 Å². The predicted octanol–water partition coefficient (Wildman–Crippen LogP) is -0.126. The maximum absolute atomic E-state index is 12.2. The number of carbonyl (C=O) groups excluding carboxylic acids is 2. The predicted molar refractivity (Wildman–Crippen MR) is 70.5 cm³/mol. The molecule has 0 bridgehead atoms. The number of aliphatic carboxylic acids is 1. The summed E-state index contributed by atoms with van der Waals surface area (Å²) < 4.78 is 0. The number of likely N-dealkylation sites (tertiary alicyclic amines) is 1. The van der Waals surface area contributed by atoms with Gasteiger partial charge in [0.2, 0.25) is 11.8 Å². The smallest absolute Gasteiger partial charge is 0.309 e. The summed E-state index contributed by atoms with van der Waals surface area (Å²) >= 11 is 0. The molecule has 1 aromatic rings. The van der Waals surface area contributed by atoms with E-state index in [1.807, 2.05) is 30.3 Å². The molecule has 0 aliphatic carbocycles. The number of nitrogens with zero attached hydrogens (tertiary/aromatic N) is 1. The van der Waals surface area contributed by atoms with Crippen LogP contribution in [0.15, 0.2) is 30.3 Å². The lowest BCUT2D eigenvalue weighted by atomic mass is 9.89. The summed E-state index contributed by atoms with van der Waals surface area (Å²) in [7, 11) is 0.